The second kappa shape index (κ2) is 8.79. The monoisotopic (exact) mass is 436 g/mol. The molecule has 0 bridgehead atoms. The normalized spacial score (nSPS) is 16.6. The number of hydrogen-bond acceptors (Lipinski definition) is 6. The summed E-state index contributed by atoms with van der Waals surface area (Å²) < 4.78 is 28.0. The Bertz CT molecular complexity index is 946. The van der Waals surface area contributed by atoms with Crippen molar-refractivity contribution in [2.24, 2.45) is 0 Å². The lowest BCUT2D eigenvalue weighted by atomic mass is 9.69. The Hall–Kier alpha value is -2.00. The second-order valence-electron chi connectivity index (χ2n) is 7.98. The molecule has 1 aliphatic carbocycles. The summed E-state index contributed by atoms with van der Waals surface area (Å²) in [6.45, 7) is 6.07. The Morgan fingerprint density at radius 1 is 1.14 bits per heavy atom. The van der Waals surface area contributed by atoms with Crippen LogP contribution in [-0.2, 0) is 20.2 Å². The number of amides is 1. The van der Waals surface area contributed by atoms with Crippen molar-refractivity contribution in [2.45, 2.75) is 69.1 Å². The SMILES string of the molecule is CC(=O)NCC1(c2ccc(S(=O)(=O)Nc3nnc(C(C)C)s3)cc2)CCCCC1. The van der Waals surface area contributed by atoms with E-state index in [2.05, 4.69) is 20.2 Å². The predicted molar refractivity (Wildman–Crippen MR) is 115 cm³/mol. The lowest BCUT2D eigenvalue weighted by molar-refractivity contribution is -0.119. The van der Waals surface area contributed by atoms with Gasteiger partial charge in [-0.25, -0.2) is 8.42 Å². The highest BCUT2D eigenvalue weighted by Crippen LogP contribution is 2.39. The second-order valence-corrected chi connectivity index (χ2v) is 10.7. The molecule has 3 rings (SSSR count). The Morgan fingerprint density at radius 3 is 2.34 bits per heavy atom. The van der Waals surface area contributed by atoms with Gasteiger partial charge in [-0.05, 0) is 30.5 Å². The summed E-state index contributed by atoms with van der Waals surface area (Å²) in [6, 6.07) is 7.01. The van der Waals surface area contributed by atoms with Crippen LogP contribution in [0, 0.1) is 0 Å². The fraction of sp³-hybridized carbons (Fsp3) is 0.550. The first-order chi connectivity index (χ1) is 13.7. The molecule has 7 nitrogen and oxygen atoms in total. The molecule has 2 N–H and O–H groups in total. The molecule has 1 aliphatic rings. The number of carbonyl (C=O) groups excluding carboxylic acids is 1. The summed E-state index contributed by atoms with van der Waals surface area (Å²) in [5, 5.41) is 12.0. The van der Waals surface area contributed by atoms with Gasteiger partial charge in [-0.3, -0.25) is 9.52 Å². The number of rotatable bonds is 7. The third kappa shape index (κ3) is 5.14. The molecule has 0 spiro atoms. The first-order valence-corrected chi connectivity index (χ1v) is 12.2. The minimum Gasteiger partial charge on any atom is -0.355 e. The van der Waals surface area contributed by atoms with Gasteiger partial charge in [0.25, 0.3) is 10.0 Å². The molecule has 0 radical (unpaired) electrons. The molecule has 158 valence electrons. The van der Waals surface area contributed by atoms with Crippen LogP contribution in [0.2, 0.25) is 0 Å². The number of sulfonamides is 1. The van der Waals surface area contributed by atoms with E-state index >= 15 is 0 Å². The number of aromatic nitrogens is 2. The fourth-order valence-electron chi connectivity index (χ4n) is 3.76. The third-order valence-electron chi connectivity index (χ3n) is 5.42. The summed E-state index contributed by atoms with van der Waals surface area (Å²) in [4.78, 5) is 11.6. The van der Waals surface area contributed by atoms with E-state index in [-0.39, 0.29) is 27.3 Å². The Morgan fingerprint density at radius 2 is 1.79 bits per heavy atom. The molecule has 0 atom stereocenters. The first-order valence-electron chi connectivity index (χ1n) is 9.93. The lowest BCUT2D eigenvalue weighted by Gasteiger charge is -2.38. The summed E-state index contributed by atoms with van der Waals surface area (Å²) in [5.41, 5.74) is 0.938. The highest BCUT2D eigenvalue weighted by Gasteiger charge is 2.34. The molecular formula is C20H28N4O3S2. The van der Waals surface area contributed by atoms with Gasteiger partial charge in [-0.15, -0.1) is 10.2 Å². The molecule has 1 fully saturated rings. The van der Waals surface area contributed by atoms with Gasteiger partial charge in [0.1, 0.15) is 5.01 Å². The Balaban J connectivity index is 1.80. The zero-order valence-corrected chi connectivity index (χ0v) is 18.7. The minimum absolute atomic E-state index is 0.0452. The quantitative estimate of drug-likeness (QED) is 0.687. The van der Waals surface area contributed by atoms with Crippen LogP contribution in [0.5, 0.6) is 0 Å². The van der Waals surface area contributed by atoms with E-state index in [0.29, 0.717) is 6.54 Å². The summed E-state index contributed by atoms with van der Waals surface area (Å²) in [7, 11) is -3.73. The van der Waals surface area contributed by atoms with Crippen molar-refractivity contribution in [1.29, 1.82) is 0 Å². The van der Waals surface area contributed by atoms with Gasteiger partial charge >= 0.3 is 0 Å². The van der Waals surface area contributed by atoms with Crippen molar-refractivity contribution in [3.05, 3.63) is 34.8 Å². The number of nitrogens with one attached hydrogen (secondary N) is 2. The smallest absolute Gasteiger partial charge is 0.263 e. The van der Waals surface area contributed by atoms with Crippen molar-refractivity contribution < 1.29 is 13.2 Å². The lowest BCUT2D eigenvalue weighted by Crippen LogP contribution is -2.41. The number of hydrogen-bond donors (Lipinski definition) is 2. The molecule has 1 amide bonds. The van der Waals surface area contributed by atoms with E-state index in [1.807, 2.05) is 26.0 Å². The molecule has 2 aromatic rings. The predicted octanol–water partition coefficient (Wildman–Crippen LogP) is 3.80. The largest absolute Gasteiger partial charge is 0.355 e. The number of nitrogens with zero attached hydrogens (tertiary/aromatic N) is 2. The number of anilines is 1. The van der Waals surface area contributed by atoms with E-state index in [1.165, 1.54) is 24.7 Å². The van der Waals surface area contributed by atoms with Crippen LogP contribution in [-0.4, -0.2) is 31.1 Å². The highest BCUT2D eigenvalue weighted by atomic mass is 32.2. The maximum Gasteiger partial charge on any atom is 0.263 e. The van der Waals surface area contributed by atoms with Crippen molar-refractivity contribution in [1.82, 2.24) is 15.5 Å². The average molecular weight is 437 g/mol. The van der Waals surface area contributed by atoms with Crippen LogP contribution in [0.1, 0.15) is 69.4 Å². The summed E-state index contributed by atoms with van der Waals surface area (Å²) >= 11 is 1.24. The molecule has 0 saturated heterocycles. The van der Waals surface area contributed by atoms with E-state index in [1.54, 1.807) is 12.1 Å². The molecule has 1 saturated carbocycles. The van der Waals surface area contributed by atoms with Crippen molar-refractivity contribution in [2.75, 3.05) is 11.3 Å². The molecular weight excluding hydrogens is 408 g/mol. The van der Waals surface area contributed by atoms with Gasteiger partial charge in [0.15, 0.2) is 0 Å². The summed E-state index contributed by atoms with van der Waals surface area (Å²) in [6.07, 6.45) is 5.38. The highest BCUT2D eigenvalue weighted by molar-refractivity contribution is 7.93. The molecule has 1 heterocycles. The molecule has 1 aromatic heterocycles. The van der Waals surface area contributed by atoms with Gasteiger partial charge in [0.2, 0.25) is 11.0 Å². The standard InChI is InChI=1S/C20H28N4O3S2/c1-14(2)18-22-23-19(28-18)24-29(26,27)17-9-7-16(8-10-17)20(13-21-15(3)25)11-5-4-6-12-20/h7-10,14H,4-6,11-13H2,1-3H3,(H,21,25)(H,23,24). The van der Waals surface area contributed by atoms with Gasteiger partial charge < -0.3 is 5.32 Å². The molecule has 0 aliphatic heterocycles. The van der Waals surface area contributed by atoms with Gasteiger partial charge in [0.05, 0.1) is 4.90 Å². The zero-order valence-electron chi connectivity index (χ0n) is 17.1. The number of carbonyl (C=O) groups is 1. The van der Waals surface area contributed by atoms with Crippen LogP contribution in [0.15, 0.2) is 29.2 Å². The molecule has 9 heteroatoms. The van der Waals surface area contributed by atoms with Gasteiger partial charge in [-0.2, -0.15) is 0 Å². The minimum atomic E-state index is -3.73. The van der Waals surface area contributed by atoms with Crippen molar-refractivity contribution in [3.63, 3.8) is 0 Å². The van der Waals surface area contributed by atoms with Crippen molar-refractivity contribution >= 4 is 32.4 Å². The van der Waals surface area contributed by atoms with E-state index in [4.69, 9.17) is 0 Å². The van der Waals surface area contributed by atoms with Crippen molar-refractivity contribution in [3.8, 4) is 0 Å². The molecule has 1 aromatic carbocycles. The zero-order chi connectivity index (χ0) is 21.1. The van der Waals surface area contributed by atoms with E-state index in [0.717, 1.165) is 36.3 Å². The van der Waals surface area contributed by atoms with Crippen LogP contribution < -0.4 is 10.0 Å². The average Bonchev–Trinajstić information content (AvgIpc) is 3.15. The van der Waals surface area contributed by atoms with Crippen LogP contribution in [0.3, 0.4) is 0 Å². The Labute approximate surface area is 176 Å². The molecule has 0 unspecified atom stereocenters. The first kappa shape index (κ1) is 21.7. The Kier molecular flexibility index (Phi) is 6.58. The fourth-order valence-corrected chi connectivity index (χ4v) is 5.74. The molecule has 29 heavy (non-hydrogen) atoms. The van der Waals surface area contributed by atoms with Crippen LogP contribution in [0.4, 0.5) is 5.13 Å². The van der Waals surface area contributed by atoms with Crippen LogP contribution in [0.25, 0.3) is 0 Å². The topological polar surface area (TPSA) is 101 Å². The third-order valence-corrected chi connectivity index (χ3v) is 8.04. The maximum absolute atomic E-state index is 12.7. The van der Waals surface area contributed by atoms with Crippen LogP contribution >= 0.6 is 11.3 Å². The summed E-state index contributed by atoms with van der Waals surface area (Å²) in [5.74, 6) is 0.150. The van der Waals surface area contributed by atoms with Gasteiger partial charge in [0, 0.05) is 24.8 Å². The van der Waals surface area contributed by atoms with E-state index in [9.17, 15) is 13.2 Å². The van der Waals surface area contributed by atoms with E-state index < -0.39 is 10.0 Å². The number of benzene rings is 1. The maximum atomic E-state index is 12.7. The van der Waals surface area contributed by atoms with Gasteiger partial charge in [-0.1, -0.05) is 56.6 Å².